The average Bonchev–Trinajstić information content (AvgIpc) is 2.39. The van der Waals surface area contributed by atoms with Gasteiger partial charge in [0.05, 0.1) is 13.2 Å². The van der Waals surface area contributed by atoms with Gasteiger partial charge in [-0.1, -0.05) is 0 Å². The van der Waals surface area contributed by atoms with Crippen LogP contribution in [-0.4, -0.2) is 30.1 Å². The maximum atomic E-state index is 11.6. The monoisotopic (exact) mass is 264 g/mol. The summed E-state index contributed by atoms with van der Waals surface area (Å²) in [5.74, 6) is 0.212. The highest BCUT2D eigenvalue weighted by Crippen LogP contribution is 2.22. The number of aromatic hydroxyl groups is 1. The molecule has 1 heterocycles. The van der Waals surface area contributed by atoms with Crippen molar-refractivity contribution in [2.75, 3.05) is 7.11 Å². The van der Waals surface area contributed by atoms with Crippen molar-refractivity contribution in [3.05, 3.63) is 23.8 Å². The molecule has 1 unspecified atom stereocenters. The Kier molecular flexibility index (Phi) is 4.01. The summed E-state index contributed by atoms with van der Waals surface area (Å²) in [6.07, 6.45) is 0.795. The number of phenols is 1. The minimum atomic E-state index is -0.414. The lowest BCUT2D eigenvalue weighted by molar-refractivity contribution is -0.134. The number of hydrogen-bond acceptors (Lipinski definition) is 5. The second kappa shape index (κ2) is 5.71. The highest BCUT2D eigenvalue weighted by atomic mass is 16.5. The van der Waals surface area contributed by atoms with E-state index in [-0.39, 0.29) is 17.6 Å². The zero-order chi connectivity index (χ0) is 13.8. The van der Waals surface area contributed by atoms with Crippen molar-refractivity contribution in [3.63, 3.8) is 0 Å². The summed E-state index contributed by atoms with van der Waals surface area (Å²) in [7, 11) is 1.55. The van der Waals surface area contributed by atoms with Crippen LogP contribution in [0.15, 0.2) is 18.2 Å². The first kappa shape index (κ1) is 13.4. The lowest BCUT2D eigenvalue weighted by Crippen LogP contribution is -2.50. The number of piperidine rings is 1. The quantitative estimate of drug-likeness (QED) is 0.681. The zero-order valence-electron chi connectivity index (χ0n) is 10.6. The second-order valence-corrected chi connectivity index (χ2v) is 4.38. The van der Waals surface area contributed by atoms with E-state index in [1.807, 2.05) is 0 Å². The fourth-order valence-corrected chi connectivity index (χ4v) is 1.95. The molecule has 0 aromatic heterocycles. The van der Waals surface area contributed by atoms with Gasteiger partial charge in [-0.15, -0.1) is 0 Å². The maximum absolute atomic E-state index is 11.6. The Hall–Kier alpha value is -2.08. The number of phenolic OH excluding ortho intramolecular Hbond substituents is 1. The SMILES string of the molecule is COc1ccc(O)c(CNC2CCC(=O)NC2=O)c1. The third-order valence-corrected chi connectivity index (χ3v) is 3.06. The fourth-order valence-electron chi connectivity index (χ4n) is 1.95. The van der Waals surface area contributed by atoms with Crippen molar-refractivity contribution in [3.8, 4) is 11.5 Å². The highest BCUT2D eigenvalue weighted by molar-refractivity contribution is 6.00. The Morgan fingerprint density at radius 1 is 1.47 bits per heavy atom. The van der Waals surface area contributed by atoms with Crippen molar-refractivity contribution in [2.24, 2.45) is 0 Å². The van der Waals surface area contributed by atoms with Gasteiger partial charge in [0, 0.05) is 18.5 Å². The molecule has 2 amide bonds. The van der Waals surface area contributed by atoms with Gasteiger partial charge in [-0.05, 0) is 24.6 Å². The number of ether oxygens (including phenoxy) is 1. The van der Waals surface area contributed by atoms with Crippen LogP contribution in [0.1, 0.15) is 18.4 Å². The lowest BCUT2D eigenvalue weighted by Gasteiger charge is -2.22. The Labute approximate surface area is 110 Å². The van der Waals surface area contributed by atoms with Gasteiger partial charge in [-0.25, -0.2) is 0 Å². The number of imide groups is 1. The van der Waals surface area contributed by atoms with E-state index in [0.717, 1.165) is 0 Å². The number of carbonyl (C=O) groups excluding carboxylic acids is 2. The molecule has 3 N–H and O–H groups in total. The number of benzene rings is 1. The number of carbonyl (C=O) groups is 2. The summed E-state index contributed by atoms with van der Waals surface area (Å²) in [6, 6.07) is 4.49. The molecule has 102 valence electrons. The zero-order valence-corrected chi connectivity index (χ0v) is 10.6. The second-order valence-electron chi connectivity index (χ2n) is 4.38. The van der Waals surface area contributed by atoms with Gasteiger partial charge in [0.2, 0.25) is 11.8 Å². The van der Waals surface area contributed by atoms with Crippen molar-refractivity contribution >= 4 is 11.8 Å². The molecule has 6 heteroatoms. The van der Waals surface area contributed by atoms with Gasteiger partial charge in [0.1, 0.15) is 11.5 Å². The van der Waals surface area contributed by atoms with Crippen LogP contribution in [0.25, 0.3) is 0 Å². The first-order valence-electron chi connectivity index (χ1n) is 6.03. The Morgan fingerprint density at radius 2 is 2.26 bits per heavy atom. The lowest BCUT2D eigenvalue weighted by atomic mass is 10.1. The van der Waals surface area contributed by atoms with Gasteiger partial charge >= 0.3 is 0 Å². The molecular formula is C13H16N2O4. The summed E-state index contributed by atoms with van der Waals surface area (Å²) in [4.78, 5) is 22.6. The van der Waals surface area contributed by atoms with Gasteiger partial charge in [-0.3, -0.25) is 14.9 Å². The largest absolute Gasteiger partial charge is 0.508 e. The van der Waals surface area contributed by atoms with Gasteiger partial charge in [0.25, 0.3) is 0 Å². The van der Waals surface area contributed by atoms with Gasteiger partial charge in [0.15, 0.2) is 0 Å². The molecule has 1 fully saturated rings. The molecule has 1 aliphatic heterocycles. The molecule has 1 aromatic carbocycles. The molecule has 0 saturated carbocycles. The Balaban J connectivity index is 1.98. The van der Waals surface area contributed by atoms with Crippen LogP contribution in [0.2, 0.25) is 0 Å². The summed E-state index contributed by atoms with van der Waals surface area (Å²) in [5, 5.41) is 15.0. The summed E-state index contributed by atoms with van der Waals surface area (Å²) in [5.41, 5.74) is 0.643. The third kappa shape index (κ3) is 3.23. The Bertz CT molecular complexity index is 501. The smallest absolute Gasteiger partial charge is 0.243 e. The molecule has 0 radical (unpaired) electrons. The van der Waals surface area contributed by atoms with Crippen molar-refractivity contribution < 1.29 is 19.4 Å². The van der Waals surface area contributed by atoms with Crippen molar-refractivity contribution in [1.82, 2.24) is 10.6 Å². The molecule has 0 bridgehead atoms. The molecule has 1 aliphatic rings. The van der Waals surface area contributed by atoms with E-state index >= 15 is 0 Å². The molecule has 1 aromatic rings. The van der Waals surface area contributed by atoms with E-state index in [1.165, 1.54) is 0 Å². The van der Waals surface area contributed by atoms with Crippen molar-refractivity contribution in [1.29, 1.82) is 0 Å². The van der Waals surface area contributed by atoms with E-state index in [9.17, 15) is 14.7 Å². The minimum absolute atomic E-state index is 0.139. The van der Waals surface area contributed by atoms with Crippen LogP contribution in [0.5, 0.6) is 11.5 Å². The van der Waals surface area contributed by atoms with Crippen molar-refractivity contribution in [2.45, 2.75) is 25.4 Å². The average molecular weight is 264 g/mol. The van der Waals surface area contributed by atoms with Crippen LogP contribution in [0.3, 0.4) is 0 Å². The highest BCUT2D eigenvalue weighted by Gasteiger charge is 2.26. The normalized spacial score (nSPS) is 19.1. The fraction of sp³-hybridized carbons (Fsp3) is 0.385. The van der Waals surface area contributed by atoms with Crippen LogP contribution in [0, 0.1) is 0 Å². The molecule has 0 aliphatic carbocycles. The summed E-state index contributed by atoms with van der Waals surface area (Å²) < 4.78 is 5.07. The molecular weight excluding hydrogens is 248 g/mol. The first-order chi connectivity index (χ1) is 9.10. The van der Waals surface area contributed by atoms with Crippen LogP contribution < -0.4 is 15.4 Å². The number of amides is 2. The summed E-state index contributed by atoms with van der Waals surface area (Å²) in [6.45, 7) is 0.329. The molecule has 1 saturated heterocycles. The predicted octanol–water partition coefficient (Wildman–Crippen LogP) is 0.296. The number of methoxy groups -OCH3 is 1. The van der Waals surface area contributed by atoms with Crippen LogP contribution in [-0.2, 0) is 16.1 Å². The minimum Gasteiger partial charge on any atom is -0.508 e. The van der Waals surface area contributed by atoms with Gasteiger partial charge in [-0.2, -0.15) is 0 Å². The number of rotatable bonds is 4. The predicted molar refractivity (Wildman–Crippen MR) is 67.7 cm³/mol. The Morgan fingerprint density at radius 3 is 2.95 bits per heavy atom. The number of nitrogens with one attached hydrogen (secondary N) is 2. The van der Waals surface area contributed by atoms with Crippen LogP contribution >= 0.6 is 0 Å². The van der Waals surface area contributed by atoms with Crippen LogP contribution in [0.4, 0.5) is 0 Å². The molecule has 1 atom stereocenters. The molecule has 19 heavy (non-hydrogen) atoms. The van der Waals surface area contributed by atoms with E-state index in [0.29, 0.717) is 30.7 Å². The topological polar surface area (TPSA) is 87.7 Å². The van der Waals surface area contributed by atoms with E-state index in [2.05, 4.69) is 10.6 Å². The van der Waals surface area contributed by atoms with E-state index in [4.69, 9.17) is 4.74 Å². The number of hydrogen-bond donors (Lipinski definition) is 3. The first-order valence-corrected chi connectivity index (χ1v) is 6.03. The molecule has 0 spiro atoms. The standard InChI is InChI=1S/C13H16N2O4/c1-19-9-2-4-11(16)8(6-9)7-14-10-3-5-12(17)15-13(10)18/h2,4,6,10,14,16H,3,5,7H2,1H3,(H,15,17,18). The maximum Gasteiger partial charge on any atom is 0.243 e. The molecule has 6 nitrogen and oxygen atoms in total. The van der Waals surface area contributed by atoms with Gasteiger partial charge < -0.3 is 15.2 Å². The van der Waals surface area contributed by atoms with E-state index < -0.39 is 6.04 Å². The molecule has 2 rings (SSSR count). The third-order valence-electron chi connectivity index (χ3n) is 3.06. The summed E-state index contributed by atoms with van der Waals surface area (Å²) >= 11 is 0. The van der Waals surface area contributed by atoms with E-state index in [1.54, 1.807) is 25.3 Å².